The summed E-state index contributed by atoms with van der Waals surface area (Å²) in [5.74, 6) is 0.670. The first-order valence-corrected chi connectivity index (χ1v) is 5.32. The first-order chi connectivity index (χ1) is 6.33. The Kier molecular flexibility index (Phi) is 5.35. The molecule has 3 heteroatoms. The zero-order valence-electron chi connectivity index (χ0n) is 8.21. The number of hydrogen-bond acceptors (Lipinski definition) is 3. The Bertz CT molecular complexity index is 130. The van der Waals surface area contributed by atoms with Crippen molar-refractivity contribution in [3.05, 3.63) is 0 Å². The molecule has 0 aromatic rings. The molecule has 0 radical (unpaired) electrons. The molecule has 0 aromatic carbocycles. The van der Waals surface area contributed by atoms with E-state index in [9.17, 15) is 5.11 Å². The summed E-state index contributed by atoms with van der Waals surface area (Å²) in [4.78, 5) is 0. The predicted octanol–water partition coefficient (Wildman–Crippen LogP) is 0.509. The lowest BCUT2D eigenvalue weighted by Crippen LogP contribution is -2.23. The van der Waals surface area contributed by atoms with Crippen LogP contribution in [-0.4, -0.2) is 36.0 Å². The quantitative estimate of drug-likeness (QED) is 0.531. The van der Waals surface area contributed by atoms with Crippen molar-refractivity contribution in [2.75, 3.05) is 19.7 Å². The predicted molar refractivity (Wildman–Crippen MR) is 52.5 cm³/mol. The van der Waals surface area contributed by atoms with Crippen LogP contribution in [0.4, 0.5) is 0 Å². The van der Waals surface area contributed by atoms with Crippen LogP contribution in [0.1, 0.15) is 32.1 Å². The van der Waals surface area contributed by atoms with Crippen molar-refractivity contribution in [2.45, 2.75) is 38.2 Å². The highest BCUT2D eigenvalue weighted by atomic mass is 16.3. The van der Waals surface area contributed by atoms with Crippen molar-refractivity contribution in [2.24, 2.45) is 5.92 Å². The molecule has 2 unspecified atom stereocenters. The molecule has 1 fully saturated rings. The molecule has 0 aliphatic heterocycles. The summed E-state index contributed by atoms with van der Waals surface area (Å²) in [6, 6.07) is 0. The van der Waals surface area contributed by atoms with Gasteiger partial charge in [0.25, 0.3) is 0 Å². The monoisotopic (exact) mass is 187 g/mol. The molecular weight excluding hydrogens is 166 g/mol. The van der Waals surface area contributed by atoms with Gasteiger partial charge in [-0.2, -0.15) is 0 Å². The summed E-state index contributed by atoms with van der Waals surface area (Å²) >= 11 is 0. The number of nitrogens with one attached hydrogen (secondary N) is 1. The maximum absolute atomic E-state index is 9.28. The molecule has 1 saturated carbocycles. The van der Waals surface area contributed by atoms with E-state index in [1.54, 1.807) is 0 Å². The van der Waals surface area contributed by atoms with E-state index in [0.717, 1.165) is 45.2 Å². The average Bonchev–Trinajstić information content (AvgIpc) is 2.51. The van der Waals surface area contributed by atoms with E-state index in [2.05, 4.69) is 5.32 Å². The Morgan fingerprint density at radius 1 is 1.23 bits per heavy atom. The van der Waals surface area contributed by atoms with Crippen LogP contribution >= 0.6 is 0 Å². The summed E-state index contributed by atoms with van der Waals surface area (Å²) in [5.41, 5.74) is 0. The fourth-order valence-corrected chi connectivity index (χ4v) is 1.90. The molecule has 78 valence electrons. The molecule has 13 heavy (non-hydrogen) atoms. The van der Waals surface area contributed by atoms with Gasteiger partial charge in [0, 0.05) is 6.61 Å². The minimum Gasteiger partial charge on any atom is -0.396 e. The Morgan fingerprint density at radius 2 is 2.08 bits per heavy atom. The van der Waals surface area contributed by atoms with Gasteiger partial charge < -0.3 is 15.5 Å². The molecular formula is C10H21NO2. The third-order valence-electron chi connectivity index (χ3n) is 2.71. The largest absolute Gasteiger partial charge is 0.396 e. The van der Waals surface area contributed by atoms with E-state index >= 15 is 0 Å². The van der Waals surface area contributed by atoms with Crippen LogP contribution < -0.4 is 5.32 Å². The summed E-state index contributed by atoms with van der Waals surface area (Å²) in [6.07, 6.45) is 4.99. The van der Waals surface area contributed by atoms with Gasteiger partial charge in [0.05, 0.1) is 6.10 Å². The maximum Gasteiger partial charge on any atom is 0.0543 e. The molecule has 3 N–H and O–H groups in total. The van der Waals surface area contributed by atoms with Crippen molar-refractivity contribution < 1.29 is 10.2 Å². The zero-order valence-corrected chi connectivity index (χ0v) is 8.21. The van der Waals surface area contributed by atoms with E-state index in [4.69, 9.17) is 5.11 Å². The van der Waals surface area contributed by atoms with Crippen LogP contribution in [0, 0.1) is 5.92 Å². The minimum absolute atomic E-state index is 0.0516. The Hall–Kier alpha value is -0.120. The van der Waals surface area contributed by atoms with E-state index in [1.807, 2.05) is 0 Å². The second-order valence-corrected chi connectivity index (χ2v) is 3.97. The Balaban J connectivity index is 1.88. The van der Waals surface area contributed by atoms with Gasteiger partial charge >= 0.3 is 0 Å². The van der Waals surface area contributed by atoms with Crippen LogP contribution in [-0.2, 0) is 0 Å². The minimum atomic E-state index is -0.0516. The van der Waals surface area contributed by atoms with Gasteiger partial charge in [-0.3, -0.25) is 0 Å². The second-order valence-electron chi connectivity index (χ2n) is 3.97. The van der Waals surface area contributed by atoms with Crippen molar-refractivity contribution in [3.8, 4) is 0 Å². The van der Waals surface area contributed by atoms with Crippen molar-refractivity contribution in [3.63, 3.8) is 0 Å². The number of unbranched alkanes of at least 4 members (excludes halogenated alkanes) is 1. The molecule has 1 rings (SSSR count). The molecule has 0 heterocycles. The molecule has 0 amide bonds. The molecule has 2 atom stereocenters. The molecule has 0 spiro atoms. The number of aliphatic hydroxyl groups is 2. The van der Waals surface area contributed by atoms with Crippen molar-refractivity contribution >= 4 is 0 Å². The van der Waals surface area contributed by atoms with Crippen LogP contribution in [0.15, 0.2) is 0 Å². The van der Waals surface area contributed by atoms with Crippen molar-refractivity contribution in [1.82, 2.24) is 5.32 Å². The van der Waals surface area contributed by atoms with E-state index in [1.165, 1.54) is 0 Å². The van der Waals surface area contributed by atoms with Crippen molar-refractivity contribution in [1.29, 1.82) is 0 Å². The average molecular weight is 187 g/mol. The fourth-order valence-electron chi connectivity index (χ4n) is 1.90. The van der Waals surface area contributed by atoms with Gasteiger partial charge in [0.1, 0.15) is 0 Å². The van der Waals surface area contributed by atoms with Gasteiger partial charge in [0.15, 0.2) is 0 Å². The van der Waals surface area contributed by atoms with Crippen LogP contribution in [0.25, 0.3) is 0 Å². The maximum atomic E-state index is 9.28. The second kappa shape index (κ2) is 6.35. The standard InChI is InChI=1S/C10H21NO2/c12-6-2-1-5-11-8-9-3-4-10(13)7-9/h9-13H,1-8H2. The van der Waals surface area contributed by atoms with Gasteiger partial charge in [-0.05, 0) is 51.1 Å². The third-order valence-corrected chi connectivity index (χ3v) is 2.71. The van der Waals surface area contributed by atoms with Crippen LogP contribution in [0.3, 0.4) is 0 Å². The SMILES string of the molecule is OCCCCNCC1CCC(O)C1. The van der Waals surface area contributed by atoms with Gasteiger partial charge in [-0.25, -0.2) is 0 Å². The Labute approximate surface area is 80.2 Å². The number of rotatable bonds is 6. The summed E-state index contributed by atoms with van der Waals surface area (Å²) in [7, 11) is 0. The first kappa shape index (κ1) is 11.0. The highest BCUT2D eigenvalue weighted by Crippen LogP contribution is 2.24. The van der Waals surface area contributed by atoms with Crippen LogP contribution in [0.5, 0.6) is 0 Å². The van der Waals surface area contributed by atoms with E-state index in [0.29, 0.717) is 12.5 Å². The normalized spacial score (nSPS) is 28.2. The molecule has 1 aliphatic carbocycles. The third kappa shape index (κ3) is 4.60. The highest BCUT2D eigenvalue weighted by Gasteiger charge is 2.21. The number of hydrogen-bond donors (Lipinski definition) is 3. The zero-order chi connectivity index (χ0) is 9.52. The summed E-state index contributed by atoms with van der Waals surface area (Å²) < 4.78 is 0. The Morgan fingerprint density at radius 3 is 2.69 bits per heavy atom. The first-order valence-electron chi connectivity index (χ1n) is 5.32. The molecule has 0 bridgehead atoms. The fraction of sp³-hybridized carbons (Fsp3) is 1.00. The van der Waals surface area contributed by atoms with Gasteiger partial charge in [0.2, 0.25) is 0 Å². The summed E-state index contributed by atoms with van der Waals surface area (Å²) in [5, 5.41) is 21.2. The molecule has 3 nitrogen and oxygen atoms in total. The van der Waals surface area contributed by atoms with Gasteiger partial charge in [-0.1, -0.05) is 0 Å². The number of aliphatic hydroxyl groups excluding tert-OH is 2. The van der Waals surface area contributed by atoms with Gasteiger partial charge in [-0.15, -0.1) is 0 Å². The molecule has 0 saturated heterocycles. The molecule has 0 aromatic heterocycles. The molecule has 1 aliphatic rings. The van der Waals surface area contributed by atoms with Crippen LogP contribution in [0.2, 0.25) is 0 Å². The van der Waals surface area contributed by atoms with E-state index in [-0.39, 0.29) is 6.10 Å². The topological polar surface area (TPSA) is 52.5 Å². The summed E-state index contributed by atoms with van der Waals surface area (Å²) in [6.45, 7) is 2.32. The highest BCUT2D eigenvalue weighted by molar-refractivity contribution is 4.75. The lowest BCUT2D eigenvalue weighted by atomic mass is 10.1. The smallest absolute Gasteiger partial charge is 0.0543 e. The lowest BCUT2D eigenvalue weighted by molar-refractivity contribution is 0.177. The lowest BCUT2D eigenvalue weighted by Gasteiger charge is -2.10. The van der Waals surface area contributed by atoms with E-state index < -0.39 is 0 Å².